The fourth-order valence-corrected chi connectivity index (χ4v) is 1.07. The van der Waals surface area contributed by atoms with Crippen molar-refractivity contribution in [3.05, 3.63) is 11.1 Å². The van der Waals surface area contributed by atoms with Crippen molar-refractivity contribution in [2.75, 3.05) is 5.88 Å². The summed E-state index contributed by atoms with van der Waals surface area (Å²) in [6, 6.07) is 0. The second-order valence-electron chi connectivity index (χ2n) is 1.37. The van der Waals surface area contributed by atoms with Gasteiger partial charge >= 0.3 is 0 Å². The zero-order valence-corrected chi connectivity index (χ0v) is 6.22. The Kier molecular flexibility index (Phi) is 3.49. The van der Waals surface area contributed by atoms with Gasteiger partial charge in [0.2, 0.25) is 0 Å². The second kappa shape index (κ2) is 3.63. The van der Waals surface area contributed by atoms with E-state index in [9.17, 15) is 4.79 Å². The van der Waals surface area contributed by atoms with Gasteiger partial charge in [-0.25, -0.2) is 0 Å². The largest absolute Gasteiger partial charge is 0.380 e. The third kappa shape index (κ3) is 2.15. The summed E-state index contributed by atoms with van der Waals surface area (Å²) in [6.07, 6.45) is 1.63. The van der Waals surface area contributed by atoms with Gasteiger partial charge < -0.3 is 11.1 Å². The third-order valence-corrected chi connectivity index (χ3v) is 1.73. The highest BCUT2D eigenvalue weighted by molar-refractivity contribution is 8.04. The fraction of sp³-hybridized carbons (Fsp3) is 0.250. The van der Waals surface area contributed by atoms with Crippen LogP contribution >= 0.6 is 24.2 Å². The highest BCUT2D eigenvalue weighted by Crippen LogP contribution is 2.16. The van der Waals surface area contributed by atoms with E-state index in [1.54, 1.807) is 6.20 Å². The Morgan fingerprint density at radius 3 is 2.78 bits per heavy atom. The maximum Gasteiger partial charge on any atom is 0.256 e. The first-order chi connectivity index (χ1) is 3.80. The molecular weight excluding hydrogens is 160 g/mol. The van der Waals surface area contributed by atoms with Crippen LogP contribution in [0.2, 0.25) is 0 Å². The molecule has 0 fully saturated rings. The first-order valence-electron chi connectivity index (χ1n) is 2.17. The van der Waals surface area contributed by atoms with Crippen LogP contribution in [0.3, 0.4) is 0 Å². The Hall–Kier alpha value is -0.350. The van der Waals surface area contributed by atoms with Crippen molar-refractivity contribution in [2.24, 2.45) is 5.73 Å². The Bertz CT molecular complexity index is 148. The Morgan fingerprint density at radius 1 is 1.89 bits per heavy atom. The molecule has 0 aliphatic carbocycles. The van der Waals surface area contributed by atoms with Crippen LogP contribution < -0.4 is 11.1 Å². The Labute approximate surface area is 63.5 Å². The van der Waals surface area contributed by atoms with Crippen molar-refractivity contribution >= 4 is 30.1 Å². The lowest BCUT2D eigenvalue weighted by atomic mass is 10.6. The summed E-state index contributed by atoms with van der Waals surface area (Å²) in [4.78, 5) is 10.9. The molecule has 0 spiro atoms. The van der Waals surface area contributed by atoms with Crippen LogP contribution in [0, 0.1) is 0 Å². The quantitative estimate of drug-likeness (QED) is 0.578. The molecule has 0 aromatic heterocycles. The monoisotopic (exact) mass is 166 g/mol. The smallest absolute Gasteiger partial charge is 0.256 e. The number of primary amides is 1. The van der Waals surface area contributed by atoms with E-state index >= 15 is 0 Å². The average Bonchev–Trinajstić information content (AvgIpc) is 2.12. The van der Waals surface area contributed by atoms with E-state index in [-0.39, 0.29) is 18.3 Å². The van der Waals surface area contributed by atoms with Crippen molar-refractivity contribution < 1.29 is 4.79 Å². The summed E-state index contributed by atoms with van der Waals surface area (Å²) >= 11 is 1.43. The molecule has 0 unspecified atom stereocenters. The van der Waals surface area contributed by atoms with E-state index in [0.717, 1.165) is 5.88 Å². The molecule has 9 heavy (non-hydrogen) atoms. The van der Waals surface area contributed by atoms with Gasteiger partial charge in [-0.1, -0.05) is 11.8 Å². The van der Waals surface area contributed by atoms with Gasteiger partial charge in [-0.3, -0.25) is 4.79 Å². The summed E-state index contributed by atoms with van der Waals surface area (Å²) in [5, 5.41) is 2.85. The topological polar surface area (TPSA) is 55.1 Å². The van der Waals surface area contributed by atoms with Crippen molar-refractivity contribution in [1.82, 2.24) is 5.32 Å². The number of rotatable bonds is 1. The highest BCUT2D eigenvalue weighted by atomic mass is 35.5. The van der Waals surface area contributed by atoms with Gasteiger partial charge in [-0.15, -0.1) is 12.4 Å². The molecular formula is C4H7ClN2OS. The van der Waals surface area contributed by atoms with Gasteiger partial charge in [0.1, 0.15) is 0 Å². The van der Waals surface area contributed by atoms with Crippen molar-refractivity contribution in [1.29, 1.82) is 0 Å². The van der Waals surface area contributed by atoms with E-state index in [0.29, 0.717) is 4.91 Å². The number of nitrogens with one attached hydrogen (secondary N) is 1. The number of carbonyl (C=O) groups excluding carboxylic acids is 1. The molecule has 1 aliphatic rings. The number of hydrogen-bond donors (Lipinski definition) is 2. The highest BCUT2D eigenvalue weighted by Gasteiger charge is 2.08. The lowest BCUT2D eigenvalue weighted by Gasteiger charge is -1.86. The van der Waals surface area contributed by atoms with Gasteiger partial charge in [0.15, 0.2) is 0 Å². The van der Waals surface area contributed by atoms with Crippen LogP contribution in [0.4, 0.5) is 0 Å². The van der Waals surface area contributed by atoms with E-state index in [2.05, 4.69) is 5.32 Å². The normalized spacial score (nSPS) is 15.3. The molecule has 1 aliphatic heterocycles. The maximum absolute atomic E-state index is 10.3. The Morgan fingerprint density at radius 2 is 2.56 bits per heavy atom. The molecule has 3 nitrogen and oxygen atoms in total. The van der Waals surface area contributed by atoms with E-state index in [1.165, 1.54) is 11.8 Å². The summed E-state index contributed by atoms with van der Waals surface area (Å²) < 4.78 is 0. The molecule has 0 saturated carbocycles. The number of amides is 1. The molecule has 0 saturated heterocycles. The molecule has 5 heteroatoms. The molecule has 0 radical (unpaired) electrons. The molecule has 52 valence electrons. The van der Waals surface area contributed by atoms with Gasteiger partial charge in [0.05, 0.1) is 10.8 Å². The van der Waals surface area contributed by atoms with Crippen LogP contribution in [-0.2, 0) is 4.79 Å². The van der Waals surface area contributed by atoms with Gasteiger partial charge in [0, 0.05) is 6.20 Å². The summed E-state index contributed by atoms with van der Waals surface area (Å²) in [5.41, 5.74) is 4.93. The summed E-state index contributed by atoms with van der Waals surface area (Å²) in [6.45, 7) is 0. The summed E-state index contributed by atoms with van der Waals surface area (Å²) in [7, 11) is 0. The number of carbonyl (C=O) groups is 1. The molecule has 3 N–H and O–H groups in total. The van der Waals surface area contributed by atoms with Gasteiger partial charge in [-0.2, -0.15) is 0 Å². The number of thioether (sulfide) groups is 1. The van der Waals surface area contributed by atoms with E-state index < -0.39 is 0 Å². The first-order valence-corrected chi connectivity index (χ1v) is 3.15. The van der Waals surface area contributed by atoms with Crippen molar-refractivity contribution in [2.45, 2.75) is 0 Å². The molecule has 1 heterocycles. The van der Waals surface area contributed by atoms with Crippen LogP contribution in [0.1, 0.15) is 0 Å². The molecule has 0 atom stereocenters. The lowest BCUT2D eigenvalue weighted by Crippen LogP contribution is -2.10. The lowest BCUT2D eigenvalue weighted by molar-refractivity contribution is -0.113. The fourth-order valence-electron chi connectivity index (χ4n) is 0.438. The number of hydrogen-bond acceptors (Lipinski definition) is 3. The summed E-state index contributed by atoms with van der Waals surface area (Å²) in [5.74, 6) is 0.415. The minimum atomic E-state index is -0.347. The molecule has 1 amide bonds. The number of halogens is 1. The van der Waals surface area contributed by atoms with Crippen molar-refractivity contribution in [3.8, 4) is 0 Å². The average molecular weight is 167 g/mol. The zero-order chi connectivity index (χ0) is 5.98. The van der Waals surface area contributed by atoms with E-state index in [1.807, 2.05) is 0 Å². The minimum Gasteiger partial charge on any atom is -0.380 e. The first kappa shape index (κ1) is 8.65. The third-order valence-electron chi connectivity index (χ3n) is 0.787. The van der Waals surface area contributed by atoms with Crippen LogP contribution in [0.15, 0.2) is 11.1 Å². The Balaban J connectivity index is 0.000000640. The molecule has 0 aromatic rings. The molecule has 0 bridgehead atoms. The SMILES string of the molecule is Cl.NC(=O)C1=CNCS1. The standard InChI is InChI=1S/C4H6N2OS.ClH/c5-4(7)3-1-6-2-8-3;/h1,6H,2H2,(H2,5,7);1H. The predicted octanol–water partition coefficient (Wildman–Crippen LogP) is 0.0288. The van der Waals surface area contributed by atoms with Crippen LogP contribution in [-0.4, -0.2) is 11.8 Å². The van der Waals surface area contributed by atoms with E-state index in [4.69, 9.17) is 5.73 Å². The minimum absolute atomic E-state index is 0. The van der Waals surface area contributed by atoms with Crippen LogP contribution in [0.25, 0.3) is 0 Å². The predicted molar refractivity (Wildman–Crippen MR) is 40.1 cm³/mol. The second-order valence-corrected chi connectivity index (χ2v) is 2.38. The molecule has 0 aromatic carbocycles. The zero-order valence-electron chi connectivity index (χ0n) is 4.59. The maximum atomic E-state index is 10.3. The van der Waals surface area contributed by atoms with Gasteiger partial charge in [0.25, 0.3) is 5.91 Å². The van der Waals surface area contributed by atoms with Crippen LogP contribution in [0.5, 0.6) is 0 Å². The number of nitrogens with two attached hydrogens (primary N) is 1. The van der Waals surface area contributed by atoms with Gasteiger partial charge in [-0.05, 0) is 0 Å². The van der Waals surface area contributed by atoms with Crippen molar-refractivity contribution in [3.63, 3.8) is 0 Å². The molecule has 1 rings (SSSR count).